The number of hydrogen-bond acceptors (Lipinski definition) is 6. The maximum atomic E-state index is 8.92. The maximum absolute atomic E-state index is 8.92. The zero-order valence-electron chi connectivity index (χ0n) is 16.8. The summed E-state index contributed by atoms with van der Waals surface area (Å²) in [6.07, 6.45) is 6.15. The van der Waals surface area contributed by atoms with Gasteiger partial charge in [-0.25, -0.2) is 0 Å². The second kappa shape index (κ2) is 10.7. The van der Waals surface area contributed by atoms with Crippen molar-refractivity contribution in [3.05, 3.63) is 18.2 Å². The van der Waals surface area contributed by atoms with Gasteiger partial charge in [-0.05, 0) is 31.0 Å². The van der Waals surface area contributed by atoms with E-state index in [4.69, 9.17) is 14.6 Å². The number of methoxy groups -OCH3 is 2. The number of thioether (sulfide) groups is 1. The van der Waals surface area contributed by atoms with Crippen LogP contribution in [0.1, 0.15) is 38.1 Å². The standard InChI is InChI=1S/C20H30N4O3S/c1-26-17-9-8-15(14-18(17)27-2)19-22-23-20(28-13-11-21-10-12-25)24(19)16-6-4-3-5-7-16/h8-9,14,16,21,25H,3-7,10-13H2,1-2H3/p+1. The van der Waals surface area contributed by atoms with E-state index in [9.17, 15) is 0 Å². The van der Waals surface area contributed by atoms with Crippen LogP contribution < -0.4 is 14.8 Å². The number of rotatable bonds is 10. The van der Waals surface area contributed by atoms with E-state index in [1.54, 1.807) is 26.0 Å². The minimum absolute atomic E-state index is 0.215. The molecule has 0 atom stereocenters. The number of hydrogen-bond donors (Lipinski definition) is 2. The molecule has 8 heteroatoms. The van der Waals surface area contributed by atoms with E-state index in [0.717, 1.165) is 35.4 Å². The number of benzene rings is 1. The first kappa shape index (κ1) is 21.0. The van der Waals surface area contributed by atoms with Crippen molar-refractivity contribution in [3.8, 4) is 22.9 Å². The molecule has 1 aromatic heterocycles. The Balaban J connectivity index is 1.87. The molecule has 1 aliphatic rings. The molecule has 0 bridgehead atoms. The van der Waals surface area contributed by atoms with Gasteiger partial charge in [0, 0.05) is 11.6 Å². The highest BCUT2D eigenvalue weighted by atomic mass is 32.2. The molecule has 3 rings (SSSR count). The summed E-state index contributed by atoms with van der Waals surface area (Å²) in [5, 5.41) is 21.1. The Labute approximate surface area is 170 Å². The Bertz CT molecular complexity index is 747. The molecular formula is C20H31N4O3S+. The molecule has 1 aliphatic carbocycles. The van der Waals surface area contributed by atoms with Gasteiger partial charge in [-0.3, -0.25) is 4.57 Å². The number of aromatic nitrogens is 3. The van der Waals surface area contributed by atoms with E-state index in [1.807, 2.05) is 18.2 Å². The van der Waals surface area contributed by atoms with Crippen molar-refractivity contribution in [1.82, 2.24) is 14.8 Å². The van der Waals surface area contributed by atoms with E-state index < -0.39 is 0 Å². The summed E-state index contributed by atoms with van der Waals surface area (Å²) < 4.78 is 13.2. The lowest BCUT2D eigenvalue weighted by Gasteiger charge is -2.25. The van der Waals surface area contributed by atoms with Crippen LogP contribution in [0.15, 0.2) is 23.4 Å². The molecule has 1 aromatic carbocycles. The van der Waals surface area contributed by atoms with Crippen LogP contribution in [0.25, 0.3) is 11.4 Å². The lowest BCUT2D eigenvalue weighted by molar-refractivity contribution is -0.651. The number of quaternary nitrogens is 1. The van der Waals surface area contributed by atoms with Crippen LogP contribution in [0.4, 0.5) is 0 Å². The van der Waals surface area contributed by atoms with E-state index in [1.165, 1.54) is 32.1 Å². The van der Waals surface area contributed by atoms with Gasteiger partial charge in [-0.15, -0.1) is 10.2 Å². The maximum Gasteiger partial charge on any atom is 0.191 e. The average Bonchev–Trinajstić information content (AvgIpc) is 3.17. The first-order valence-corrected chi connectivity index (χ1v) is 11.0. The van der Waals surface area contributed by atoms with Gasteiger partial charge in [0.25, 0.3) is 0 Å². The predicted molar refractivity (Wildman–Crippen MR) is 110 cm³/mol. The van der Waals surface area contributed by atoms with Crippen LogP contribution in [0.2, 0.25) is 0 Å². The van der Waals surface area contributed by atoms with Crippen molar-refractivity contribution < 1.29 is 19.9 Å². The number of aliphatic hydroxyl groups is 1. The summed E-state index contributed by atoms with van der Waals surface area (Å²) in [5.74, 6) is 3.25. The highest BCUT2D eigenvalue weighted by molar-refractivity contribution is 7.99. The molecule has 1 heterocycles. The van der Waals surface area contributed by atoms with Crippen LogP contribution in [0.3, 0.4) is 0 Å². The van der Waals surface area contributed by atoms with E-state index in [2.05, 4.69) is 20.1 Å². The summed E-state index contributed by atoms with van der Waals surface area (Å²) in [6, 6.07) is 6.36. The molecule has 0 amide bonds. The molecule has 0 saturated heterocycles. The van der Waals surface area contributed by atoms with E-state index in [-0.39, 0.29) is 6.61 Å². The Morgan fingerprint density at radius 3 is 2.61 bits per heavy atom. The molecule has 2 aromatic rings. The van der Waals surface area contributed by atoms with Crippen LogP contribution >= 0.6 is 11.8 Å². The van der Waals surface area contributed by atoms with Gasteiger partial charge in [-0.1, -0.05) is 31.0 Å². The Kier molecular flexibility index (Phi) is 8.00. The lowest BCUT2D eigenvalue weighted by Crippen LogP contribution is -2.85. The SMILES string of the molecule is COc1ccc(-c2nnc(SCC[NH2+]CCO)n2C2CCCCC2)cc1OC. The van der Waals surface area contributed by atoms with Crippen molar-refractivity contribution >= 4 is 11.8 Å². The number of nitrogens with zero attached hydrogens (tertiary/aromatic N) is 3. The predicted octanol–water partition coefficient (Wildman–Crippen LogP) is 2.12. The Hall–Kier alpha value is -1.77. The molecule has 0 aliphatic heterocycles. The first-order valence-electron chi connectivity index (χ1n) is 10.0. The second-order valence-corrected chi connectivity index (χ2v) is 8.04. The van der Waals surface area contributed by atoms with Gasteiger partial charge in [-0.2, -0.15) is 0 Å². The second-order valence-electron chi connectivity index (χ2n) is 6.98. The van der Waals surface area contributed by atoms with Gasteiger partial charge >= 0.3 is 0 Å². The molecule has 1 saturated carbocycles. The smallest absolute Gasteiger partial charge is 0.191 e. The molecule has 0 radical (unpaired) electrons. The van der Waals surface area contributed by atoms with Crippen LogP contribution in [0, 0.1) is 0 Å². The topological polar surface area (TPSA) is 86.0 Å². The average molecular weight is 408 g/mol. The monoisotopic (exact) mass is 407 g/mol. The zero-order valence-corrected chi connectivity index (χ0v) is 17.6. The molecule has 7 nitrogen and oxygen atoms in total. The molecular weight excluding hydrogens is 376 g/mol. The highest BCUT2D eigenvalue weighted by Crippen LogP contribution is 2.37. The third-order valence-electron chi connectivity index (χ3n) is 5.13. The van der Waals surface area contributed by atoms with Crippen molar-refractivity contribution in [1.29, 1.82) is 0 Å². The largest absolute Gasteiger partial charge is 0.493 e. The molecule has 28 heavy (non-hydrogen) atoms. The highest BCUT2D eigenvalue weighted by Gasteiger charge is 2.24. The Morgan fingerprint density at radius 2 is 1.89 bits per heavy atom. The molecule has 154 valence electrons. The van der Waals surface area contributed by atoms with Crippen molar-refractivity contribution in [3.63, 3.8) is 0 Å². The van der Waals surface area contributed by atoms with Crippen LogP contribution in [-0.2, 0) is 0 Å². The third-order valence-corrected chi connectivity index (χ3v) is 6.11. The van der Waals surface area contributed by atoms with E-state index >= 15 is 0 Å². The van der Waals surface area contributed by atoms with E-state index in [0.29, 0.717) is 17.5 Å². The third kappa shape index (κ3) is 4.98. The summed E-state index contributed by atoms with van der Waals surface area (Å²) in [5.41, 5.74) is 0.995. The van der Waals surface area contributed by atoms with Crippen LogP contribution in [-0.4, -0.2) is 59.5 Å². The first-order chi connectivity index (χ1) is 13.8. The fourth-order valence-electron chi connectivity index (χ4n) is 3.69. The van der Waals surface area contributed by atoms with Gasteiger partial charge in [0.15, 0.2) is 22.5 Å². The Morgan fingerprint density at radius 1 is 1.11 bits per heavy atom. The zero-order chi connectivity index (χ0) is 19.8. The number of ether oxygens (including phenoxy) is 2. The van der Waals surface area contributed by atoms with Gasteiger partial charge in [0.2, 0.25) is 0 Å². The number of aliphatic hydroxyl groups excluding tert-OH is 1. The van der Waals surface area contributed by atoms with Gasteiger partial charge in [0.1, 0.15) is 0 Å². The lowest BCUT2D eigenvalue weighted by atomic mass is 9.95. The van der Waals surface area contributed by atoms with Crippen molar-refractivity contribution in [2.45, 2.75) is 43.3 Å². The molecule has 1 fully saturated rings. The summed E-state index contributed by atoms with van der Waals surface area (Å²) in [7, 11) is 3.29. The normalized spacial score (nSPS) is 15.0. The van der Waals surface area contributed by atoms with Crippen LogP contribution in [0.5, 0.6) is 11.5 Å². The molecule has 3 N–H and O–H groups in total. The summed E-state index contributed by atoms with van der Waals surface area (Å²) in [4.78, 5) is 0. The minimum atomic E-state index is 0.215. The molecule has 0 spiro atoms. The summed E-state index contributed by atoms with van der Waals surface area (Å²) in [6.45, 7) is 1.91. The van der Waals surface area contributed by atoms with Gasteiger partial charge in [0.05, 0.1) is 39.7 Å². The van der Waals surface area contributed by atoms with Crippen molar-refractivity contribution in [2.24, 2.45) is 0 Å². The quantitative estimate of drug-likeness (QED) is 0.463. The van der Waals surface area contributed by atoms with Gasteiger partial charge < -0.3 is 19.9 Å². The van der Waals surface area contributed by atoms with Crippen molar-refractivity contribution in [2.75, 3.05) is 39.7 Å². The fraction of sp³-hybridized carbons (Fsp3) is 0.600. The molecule has 0 unspecified atom stereocenters. The minimum Gasteiger partial charge on any atom is -0.493 e. The summed E-state index contributed by atoms with van der Waals surface area (Å²) >= 11 is 1.74. The number of nitrogens with two attached hydrogens (primary N) is 1. The fourth-order valence-corrected chi connectivity index (χ4v) is 4.63.